The van der Waals surface area contributed by atoms with E-state index in [1.54, 1.807) is 6.92 Å². The molecule has 0 aliphatic heterocycles. The van der Waals surface area contributed by atoms with Gasteiger partial charge in [0, 0.05) is 12.5 Å². The smallest absolute Gasteiger partial charge is 0.339 e. The van der Waals surface area contributed by atoms with Gasteiger partial charge in [-0.05, 0) is 6.92 Å². The normalized spacial score (nSPS) is 10.3. The molecule has 1 heterocycles. The summed E-state index contributed by atoms with van der Waals surface area (Å²) in [7, 11) is 0. The van der Waals surface area contributed by atoms with E-state index >= 15 is 0 Å². The lowest BCUT2D eigenvalue weighted by Crippen LogP contribution is -2.01. The molecule has 0 saturated heterocycles. The van der Waals surface area contributed by atoms with E-state index in [0.29, 0.717) is 11.6 Å². The Morgan fingerprint density at radius 1 is 1.13 bits per heavy atom. The SMILES string of the molecule is Cc1ccc(-c2cc(=O)oc(C)n2)cc1. The van der Waals surface area contributed by atoms with Crippen LogP contribution in [0.3, 0.4) is 0 Å². The van der Waals surface area contributed by atoms with Crippen molar-refractivity contribution in [3.8, 4) is 11.3 Å². The van der Waals surface area contributed by atoms with E-state index in [1.807, 2.05) is 31.2 Å². The summed E-state index contributed by atoms with van der Waals surface area (Å²) in [6, 6.07) is 9.26. The molecule has 1 aromatic heterocycles. The Morgan fingerprint density at radius 2 is 1.80 bits per heavy atom. The highest BCUT2D eigenvalue weighted by Crippen LogP contribution is 2.15. The predicted molar refractivity (Wildman–Crippen MR) is 57.7 cm³/mol. The van der Waals surface area contributed by atoms with Gasteiger partial charge >= 0.3 is 5.63 Å². The number of rotatable bonds is 1. The fourth-order valence-electron chi connectivity index (χ4n) is 1.38. The van der Waals surface area contributed by atoms with Crippen LogP contribution in [0.2, 0.25) is 0 Å². The van der Waals surface area contributed by atoms with Crippen molar-refractivity contribution in [3.63, 3.8) is 0 Å². The van der Waals surface area contributed by atoms with E-state index < -0.39 is 0 Å². The highest BCUT2D eigenvalue weighted by Gasteiger charge is 2.02. The molecule has 0 spiro atoms. The van der Waals surface area contributed by atoms with Gasteiger partial charge in [0.05, 0.1) is 11.8 Å². The van der Waals surface area contributed by atoms with Gasteiger partial charge < -0.3 is 4.42 Å². The second-order valence-electron chi connectivity index (χ2n) is 3.45. The summed E-state index contributed by atoms with van der Waals surface area (Å²) in [6.07, 6.45) is 0. The molecule has 15 heavy (non-hydrogen) atoms. The van der Waals surface area contributed by atoms with Crippen LogP contribution < -0.4 is 5.63 Å². The zero-order chi connectivity index (χ0) is 10.8. The average molecular weight is 201 g/mol. The van der Waals surface area contributed by atoms with Crippen molar-refractivity contribution in [3.05, 3.63) is 52.2 Å². The van der Waals surface area contributed by atoms with Gasteiger partial charge in [-0.2, -0.15) is 0 Å². The van der Waals surface area contributed by atoms with Crippen molar-refractivity contribution in [1.82, 2.24) is 4.98 Å². The minimum Gasteiger partial charge on any atom is -0.409 e. The fraction of sp³-hybridized carbons (Fsp3) is 0.167. The lowest BCUT2D eigenvalue weighted by molar-refractivity contribution is 0.458. The molecule has 0 N–H and O–H groups in total. The topological polar surface area (TPSA) is 43.1 Å². The molecule has 0 aliphatic rings. The molecule has 0 bridgehead atoms. The van der Waals surface area contributed by atoms with Gasteiger partial charge in [0.2, 0.25) is 0 Å². The van der Waals surface area contributed by atoms with E-state index in [1.165, 1.54) is 11.6 Å². The summed E-state index contributed by atoms with van der Waals surface area (Å²) in [5.74, 6) is 0.387. The van der Waals surface area contributed by atoms with Gasteiger partial charge in [0.15, 0.2) is 5.89 Å². The minimum atomic E-state index is -0.363. The zero-order valence-corrected chi connectivity index (χ0v) is 8.65. The van der Waals surface area contributed by atoms with E-state index in [0.717, 1.165) is 5.56 Å². The standard InChI is InChI=1S/C12H11NO2/c1-8-3-5-10(6-4-8)11-7-12(14)15-9(2)13-11/h3-7H,1-2H3. The fourth-order valence-corrected chi connectivity index (χ4v) is 1.38. The molecule has 1 aromatic carbocycles. The molecular weight excluding hydrogens is 190 g/mol. The number of aryl methyl sites for hydroxylation is 2. The third kappa shape index (κ3) is 2.13. The van der Waals surface area contributed by atoms with E-state index in [-0.39, 0.29) is 5.63 Å². The maximum atomic E-state index is 11.1. The van der Waals surface area contributed by atoms with Gasteiger partial charge in [-0.25, -0.2) is 9.78 Å². The minimum absolute atomic E-state index is 0.363. The summed E-state index contributed by atoms with van der Waals surface area (Å²) in [5, 5.41) is 0. The quantitative estimate of drug-likeness (QED) is 0.711. The molecule has 0 aliphatic carbocycles. The highest BCUT2D eigenvalue weighted by molar-refractivity contribution is 5.58. The largest absolute Gasteiger partial charge is 0.409 e. The zero-order valence-electron chi connectivity index (χ0n) is 8.65. The van der Waals surface area contributed by atoms with Gasteiger partial charge in [-0.3, -0.25) is 0 Å². The Hall–Kier alpha value is -1.90. The van der Waals surface area contributed by atoms with E-state index in [9.17, 15) is 4.79 Å². The number of benzene rings is 1. The highest BCUT2D eigenvalue weighted by atomic mass is 16.4. The van der Waals surface area contributed by atoms with Gasteiger partial charge in [0.1, 0.15) is 0 Å². The van der Waals surface area contributed by atoms with Crippen LogP contribution in [0, 0.1) is 13.8 Å². The van der Waals surface area contributed by atoms with Crippen molar-refractivity contribution in [2.75, 3.05) is 0 Å². The first-order valence-corrected chi connectivity index (χ1v) is 4.71. The Kier molecular flexibility index (Phi) is 2.37. The van der Waals surface area contributed by atoms with Crippen LogP contribution in [0.5, 0.6) is 0 Å². The third-order valence-electron chi connectivity index (χ3n) is 2.13. The van der Waals surface area contributed by atoms with Crippen LogP contribution in [0.15, 0.2) is 39.5 Å². The molecule has 0 atom stereocenters. The molecule has 2 aromatic rings. The third-order valence-corrected chi connectivity index (χ3v) is 2.13. The lowest BCUT2D eigenvalue weighted by Gasteiger charge is -2.00. The Labute approximate surface area is 87.4 Å². The van der Waals surface area contributed by atoms with Crippen molar-refractivity contribution >= 4 is 0 Å². The maximum Gasteiger partial charge on any atom is 0.339 e. The van der Waals surface area contributed by atoms with Crippen LogP contribution in [0.25, 0.3) is 11.3 Å². The molecule has 2 rings (SSSR count). The van der Waals surface area contributed by atoms with Crippen LogP contribution >= 0.6 is 0 Å². The van der Waals surface area contributed by atoms with Gasteiger partial charge in [0.25, 0.3) is 0 Å². The number of aromatic nitrogens is 1. The number of hydrogen-bond donors (Lipinski definition) is 0. The van der Waals surface area contributed by atoms with Crippen LogP contribution in [0.4, 0.5) is 0 Å². The van der Waals surface area contributed by atoms with Crippen LogP contribution in [-0.2, 0) is 0 Å². The Bertz CT molecular complexity index is 526. The van der Waals surface area contributed by atoms with Crippen molar-refractivity contribution < 1.29 is 4.42 Å². The Balaban J connectivity index is 2.54. The second kappa shape index (κ2) is 3.69. The van der Waals surface area contributed by atoms with Gasteiger partial charge in [-0.15, -0.1) is 0 Å². The summed E-state index contributed by atoms with van der Waals surface area (Å²) in [5.41, 5.74) is 2.40. The van der Waals surface area contributed by atoms with E-state index in [2.05, 4.69) is 4.98 Å². The molecule has 0 unspecified atom stereocenters. The summed E-state index contributed by atoms with van der Waals surface area (Å²) in [6.45, 7) is 3.68. The first-order chi connectivity index (χ1) is 7.15. The first-order valence-electron chi connectivity index (χ1n) is 4.71. The molecule has 0 amide bonds. The van der Waals surface area contributed by atoms with Crippen LogP contribution in [0.1, 0.15) is 11.5 Å². The lowest BCUT2D eigenvalue weighted by atomic mass is 10.1. The van der Waals surface area contributed by atoms with Crippen molar-refractivity contribution in [2.24, 2.45) is 0 Å². The van der Waals surface area contributed by atoms with Crippen molar-refractivity contribution in [1.29, 1.82) is 0 Å². The van der Waals surface area contributed by atoms with E-state index in [4.69, 9.17) is 4.42 Å². The molecule has 0 saturated carbocycles. The van der Waals surface area contributed by atoms with Crippen LogP contribution in [-0.4, -0.2) is 4.98 Å². The average Bonchev–Trinajstić information content (AvgIpc) is 2.17. The molecule has 0 radical (unpaired) electrons. The second-order valence-corrected chi connectivity index (χ2v) is 3.45. The van der Waals surface area contributed by atoms with Gasteiger partial charge in [-0.1, -0.05) is 29.8 Å². The number of hydrogen-bond acceptors (Lipinski definition) is 3. The maximum absolute atomic E-state index is 11.1. The molecule has 76 valence electrons. The molecular formula is C12H11NO2. The number of nitrogens with zero attached hydrogens (tertiary/aromatic N) is 1. The Morgan fingerprint density at radius 3 is 2.40 bits per heavy atom. The predicted octanol–water partition coefficient (Wildman–Crippen LogP) is 2.32. The molecule has 0 fully saturated rings. The monoisotopic (exact) mass is 201 g/mol. The summed E-state index contributed by atoms with van der Waals surface area (Å²) in [4.78, 5) is 15.3. The molecule has 3 heteroatoms. The summed E-state index contributed by atoms with van der Waals surface area (Å²) >= 11 is 0. The molecule has 3 nitrogen and oxygen atoms in total. The first kappa shape index (κ1) is 9.65. The summed E-state index contributed by atoms with van der Waals surface area (Å²) < 4.78 is 4.80. The van der Waals surface area contributed by atoms with Crippen molar-refractivity contribution in [2.45, 2.75) is 13.8 Å².